The van der Waals surface area contributed by atoms with Crippen LogP contribution in [0.5, 0.6) is 0 Å². The maximum Gasteiger partial charge on any atom is 0.228 e. The van der Waals surface area contributed by atoms with Gasteiger partial charge in [0.25, 0.3) is 0 Å². The number of benzene rings is 1. The number of anilines is 1. The summed E-state index contributed by atoms with van der Waals surface area (Å²) in [6, 6.07) is 6.26. The Kier molecular flexibility index (Phi) is 6.03. The van der Waals surface area contributed by atoms with Gasteiger partial charge in [-0.2, -0.15) is 4.98 Å². The predicted molar refractivity (Wildman–Crippen MR) is 132 cm³/mol. The van der Waals surface area contributed by atoms with Crippen LogP contribution in [0, 0.1) is 5.41 Å². The van der Waals surface area contributed by atoms with Crippen LogP contribution >= 0.6 is 9.39 Å². The molecule has 1 aromatic carbocycles. The lowest BCUT2D eigenvalue weighted by Gasteiger charge is -2.39. The molecule has 4 aromatic rings. The molecule has 1 aliphatic heterocycles. The number of piperidine rings is 1. The lowest BCUT2D eigenvalue weighted by molar-refractivity contribution is 0.0338. The van der Waals surface area contributed by atoms with Crippen molar-refractivity contribution in [1.82, 2.24) is 28.8 Å². The van der Waals surface area contributed by atoms with Crippen molar-refractivity contribution in [2.75, 3.05) is 31.2 Å². The first kappa shape index (κ1) is 22.2. The molecular weight excluding hydrogens is 437 g/mol. The molecule has 0 aliphatic carbocycles. The van der Waals surface area contributed by atoms with Crippen LogP contribution in [0.3, 0.4) is 0 Å². The fourth-order valence-electron chi connectivity index (χ4n) is 4.51. The van der Waals surface area contributed by atoms with E-state index in [0.29, 0.717) is 31.9 Å². The number of hydrogen-bond acceptors (Lipinski definition) is 7. The van der Waals surface area contributed by atoms with Crippen molar-refractivity contribution in [3.63, 3.8) is 0 Å². The summed E-state index contributed by atoms with van der Waals surface area (Å²) in [5.74, 6) is 0.639. The highest BCUT2D eigenvalue weighted by atomic mass is 31.0. The average molecular weight is 468 g/mol. The molecule has 0 saturated carbocycles. The van der Waals surface area contributed by atoms with E-state index in [1.165, 1.54) is 0 Å². The summed E-state index contributed by atoms with van der Waals surface area (Å²) in [5.41, 5.74) is 4.86. The van der Waals surface area contributed by atoms with Crippen molar-refractivity contribution < 1.29 is 10.2 Å². The molecule has 10 heteroatoms. The summed E-state index contributed by atoms with van der Waals surface area (Å²) >= 11 is 0. The lowest BCUT2D eigenvalue weighted by Crippen LogP contribution is -2.44. The number of aliphatic hydroxyl groups excluding tert-OH is 2. The highest BCUT2D eigenvalue weighted by Gasteiger charge is 2.34. The zero-order valence-electron chi connectivity index (χ0n) is 18.9. The van der Waals surface area contributed by atoms with Crippen LogP contribution in [0.1, 0.15) is 32.6 Å². The zero-order chi connectivity index (χ0) is 23.0. The molecule has 4 heterocycles. The molecule has 1 aliphatic rings. The lowest BCUT2D eigenvalue weighted by atomic mass is 9.80. The highest BCUT2D eigenvalue weighted by Crippen LogP contribution is 2.34. The first-order valence-electron chi connectivity index (χ1n) is 11.5. The summed E-state index contributed by atoms with van der Waals surface area (Å²) in [6.07, 6.45) is 7.29. The van der Waals surface area contributed by atoms with E-state index in [2.05, 4.69) is 53.9 Å². The predicted octanol–water partition coefficient (Wildman–Crippen LogP) is 2.85. The minimum Gasteiger partial charge on any atom is -0.396 e. The van der Waals surface area contributed by atoms with Gasteiger partial charge in [-0.05, 0) is 40.8 Å². The Balaban J connectivity index is 1.53. The molecule has 1 atom stereocenters. The molecule has 1 unspecified atom stereocenters. The SMILES string of the molecule is CCCCn1cnc2cc(-c3nc(N4CCC(CO)(CO)CC4)nc4c3ncn4P)ccc21. The first-order valence-corrected chi connectivity index (χ1v) is 12.0. The number of imidazole rings is 2. The second-order valence-corrected chi connectivity index (χ2v) is 9.55. The van der Waals surface area contributed by atoms with E-state index in [4.69, 9.17) is 9.97 Å². The minimum atomic E-state index is -0.423. The van der Waals surface area contributed by atoms with Gasteiger partial charge >= 0.3 is 0 Å². The van der Waals surface area contributed by atoms with Crippen molar-refractivity contribution in [3.8, 4) is 11.3 Å². The smallest absolute Gasteiger partial charge is 0.228 e. The summed E-state index contributed by atoms with van der Waals surface area (Å²) in [5, 5.41) is 19.5. The average Bonchev–Trinajstić information content (AvgIpc) is 3.45. The van der Waals surface area contributed by atoms with Gasteiger partial charge in [0.15, 0.2) is 5.65 Å². The molecule has 3 aromatic heterocycles. The van der Waals surface area contributed by atoms with Gasteiger partial charge < -0.3 is 19.7 Å². The number of rotatable bonds is 7. The van der Waals surface area contributed by atoms with Crippen molar-refractivity contribution in [2.24, 2.45) is 5.41 Å². The molecule has 5 rings (SSSR count). The van der Waals surface area contributed by atoms with Crippen LogP contribution in [-0.4, -0.2) is 65.4 Å². The molecule has 1 fully saturated rings. The summed E-state index contributed by atoms with van der Waals surface area (Å²) < 4.78 is 4.03. The van der Waals surface area contributed by atoms with E-state index < -0.39 is 5.41 Å². The maximum atomic E-state index is 9.75. The molecule has 1 saturated heterocycles. The number of nitrogens with zero attached hydrogens (tertiary/aromatic N) is 7. The van der Waals surface area contributed by atoms with Gasteiger partial charge in [0.1, 0.15) is 17.5 Å². The minimum absolute atomic E-state index is 0.00816. The Morgan fingerprint density at radius 2 is 1.85 bits per heavy atom. The molecule has 33 heavy (non-hydrogen) atoms. The van der Waals surface area contributed by atoms with Gasteiger partial charge in [0.05, 0.1) is 30.6 Å². The van der Waals surface area contributed by atoms with E-state index in [9.17, 15) is 10.2 Å². The van der Waals surface area contributed by atoms with Crippen LogP contribution < -0.4 is 4.90 Å². The third-order valence-corrected chi connectivity index (χ3v) is 7.21. The maximum absolute atomic E-state index is 9.75. The van der Waals surface area contributed by atoms with Gasteiger partial charge in [-0.25, -0.2) is 15.0 Å². The molecule has 0 amide bonds. The van der Waals surface area contributed by atoms with Crippen LogP contribution in [0.4, 0.5) is 5.95 Å². The van der Waals surface area contributed by atoms with E-state index >= 15 is 0 Å². The fraction of sp³-hybridized carbons (Fsp3) is 0.478. The first-order chi connectivity index (χ1) is 16.1. The standard InChI is InChI=1S/C23H30N7O2P/c1-2-3-8-29-14-24-17-11-16(4-5-18(17)29)19-20-21(30(33)15-25-20)27-22(26-19)28-9-6-23(12-31,13-32)7-10-28/h4-5,11,14-15,31-32H,2-3,6-10,12-13,33H2,1H3. The molecule has 0 spiro atoms. The monoisotopic (exact) mass is 467 g/mol. The summed E-state index contributed by atoms with van der Waals surface area (Å²) in [4.78, 5) is 21.0. The molecule has 2 N–H and O–H groups in total. The normalized spacial score (nSPS) is 16.2. The quantitative estimate of drug-likeness (QED) is 0.403. The number of unbranched alkanes of at least 4 members (excludes halogenated alkanes) is 1. The van der Waals surface area contributed by atoms with Crippen molar-refractivity contribution >= 4 is 37.5 Å². The van der Waals surface area contributed by atoms with Gasteiger partial charge in [-0.15, -0.1) is 0 Å². The molecular formula is C23H30N7O2P. The zero-order valence-corrected chi connectivity index (χ0v) is 20.0. The number of hydrogen-bond donors (Lipinski definition) is 2. The molecule has 0 bridgehead atoms. The Labute approximate surface area is 194 Å². The Morgan fingerprint density at radius 3 is 2.58 bits per heavy atom. The van der Waals surface area contributed by atoms with Crippen molar-refractivity contribution in [2.45, 2.75) is 39.2 Å². The Morgan fingerprint density at radius 1 is 1.06 bits per heavy atom. The van der Waals surface area contributed by atoms with E-state index in [1.54, 1.807) is 6.33 Å². The highest BCUT2D eigenvalue weighted by molar-refractivity contribution is 7.14. The second-order valence-electron chi connectivity index (χ2n) is 8.99. The number of fused-ring (bicyclic) bond motifs is 2. The van der Waals surface area contributed by atoms with Gasteiger partial charge in [0.2, 0.25) is 5.95 Å². The fourth-order valence-corrected chi connectivity index (χ4v) is 4.76. The molecule has 174 valence electrons. The second kappa shape index (κ2) is 8.97. The van der Waals surface area contributed by atoms with Crippen LogP contribution in [0.2, 0.25) is 0 Å². The van der Waals surface area contributed by atoms with Crippen LogP contribution in [0.15, 0.2) is 30.9 Å². The number of aryl methyl sites for hydroxylation is 1. The van der Waals surface area contributed by atoms with Gasteiger partial charge in [0, 0.05) is 30.6 Å². The Hall–Kier alpha value is -2.61. The van der Waals surface area contributed by atoms with E-state index in [0.717, 1.165) is 52.8 Å². The molecule has 0 radical (unpaired) electrons. The number of aliphatic hydroxyl groups is 2. The largest absolute Gasteiger partial charge is 0.396 e. The van der Waals surface area contributed by atoms with E-state index in [1.807, 2.05) is 10.7 Å². The summed E-state index contributed by atoms with van der Waals surface area (Å²) in [6.45, 7) is 4.49. The third-order valence-electron chi connectivity index (χ3n) is 6.83. The Bertz CT molecular complexity index is 1270. The van der Waals surface area contributed by atoms with Crippen molar-refractivity contribution in [3.05, 3.63) is 30.9 Å². The van der Waals surface area contributed by atoms with Gasteiger partial charge in [-0.3, -0.25) is 4.34 Å². The third kappa shape index (κ3) is 3.98. The van der Waals surface area contributed by atoms with E-state index in [-0.39, 0.29) is 13.2 Å². The van der Waals surface area contributed by atoms with Crippen LogP contribution in [-0.2, 0) is 6.54 Å². The topological polar surface area (TPSA) is 105 Å². The van der Waals surface area contributed by atoms with Crippen molar-refractivity contribution in [1.29, 1.82) is 0 Å². The molecule has 9 nitrogen and oxygen atoms in total. The number of aromatic nitrogens is 6. The van der Waals surface area contributed by atoms with Crippen LogP contribution in [0.25, 0.3) is 33.5 Å². The summed E-state index contributed by atoms with van der Waals surface area (Å²) in [7, 11) is 2.63. The van der Waals surface area contributed by atoms with Gasteiger partial charge in [-0.1, -0.05) is 19.4 Å².